The van der Waals surface area contributed by atoms with Crippen molar-refractivity contribution in [3.05, 3.63) is 77.9 Å². The number of benzene rings is 1. The van der Waals surface area contributed by atoms with Crippen molar-refractivity contribution < 1.29 is 4.42 Å². The van der Waals surface area contributed by atoms with Gasteiger partial charge in [0.25, 0.3) is 0 Å². The van der Waals surface area contributed by atoms with Crippen molar-refractivity contribution in [3.63, 3.8) is 0 Å². The summed E-state index contributed by atoms with van der Waals surface area (Å²) in [6.07, 6.45) is 3.50. The molecule has 0 aliphatic carbocycles. The van der Waals surface area contributed by atoms with E-state index in [2.05, 4.69) is 20.9 Å². The number of pyridine rings is 1. The van der Waals surface area contributed by atoms with E-state index in [1.165, 1.54) is 0 Å². The molecule has 0 bridgehead atoms. The first kappa shape index (κ1) is 18.8. The molecule has 3 aromatic heterocycles. The van der Waals surface area contributed by atoms with Crippen molar-refractivity contribution in [1.29, 1.82) is 0 Å². The fourth-order valence-electron chi connectivity index (χ4n) is 3.72. The number of anilines is 1. The number of hydrogen-bond donors (Lipinski definition) is 0. The van der Waals surface area contributed by atoms with E-state index in [9.17, 15) is 0 Å². The fourth-order valence-corrected chi connectivity index (χ4v) is 4.01. The molecule has 1 aliphatic heterocycles. The number of rotatable bonds is 5. The third kappa shape index (κ3) is 3.67. The zero-order valence-electron chi connectivity index (χ0n) is 16.5. The molecule has 7 nitrogen and oxygen atoms in total. The first-order valence-corrected chi connectivity index (χ1v) is 10.4. The molecule has 0 unspecified atom stereocenters. The summed E-state index contributed by atoms with van der Waals surface area (Å²) in [5, 5.41) is 4.81. The van der Waals surface area contributed by atoms with Gasteiger partial charge >= 0.3 is 0 Å². The molecule has 5 rings (SSSR count). The average Bonchev–Trinajstić information content (AvgIpc) is 3.44. The predicted molar refractivity (Wildman–Crippen MR) is 118 cm³/mol. The molecule has 1 saturated heterocycles. The van der Waals surface area contributed by atoms with Crippen LogP contribution in [0.3, 0.4) is 0 Å². The second kappa shape index (κ2) is 8.25. The molecule has 0 atom stereocenters. The molecular weight excluding hydrogens is 396 g/mol. The van der Waals surface area contributed by atoms with Crippen molar-refractivity contribution >= 4 is 18.0 Å². The summed E-state index contributed by atoms with van der Waals surface area (Å²) >= 11 is 5.81. The Morgan fingerprint density at radius 3 is 2.40 bits per heavy atom. The van der Waals surface area contributed by atoms with Crippen LogP contribution in [0.15, 0.2) is 77.5 Å². The Hall–Kier alpha value is -3.23. The minimum absolute atomic E-state index is 0.641. The molecule has 0 radical (unpaired) electrons. The second-order valence-corrected chi connectivity index (χ2v) is 7.55. The summed E-state index contributed by atoms with van der Waals surface area (Å²) < 4.78 is 10.1. The van der Waals surface area contributed by atoms with E-state index in [1.807, 2.05) is 70.0 Å². The maximum Gasteiger partial charge on any atom is 0.204 e. The molecule has 152 valence electrons. The van der Waals surface area contributed by atoms with Crippen LogP contribution in [0.2, 0.25) is 0 Å². The van der Waals surface area contributed by atoms with Gasteiger partial charge in [-0.15, -0.1) is 5.10 Å². The highest BCUT2D eigenvalue weighted by molar-refractivity contribution is 7.71. The zero-order valence-corrected chi connectivity index (χ0v) is 17.3. The Bertz CT molecular complexity index is 1150. The first-order valence-electron chi connectivity index (χ1n) is 9.97. The van der Waals surface area contributed by atoms with Crippen LogP contribution >= 0.6 is 12.2 Å². The Labute approximate surface area is 179 Å². The van der Waals surface area contributed by atoms with Gasteiger partial charge in [0.15, 0.2) is 5.76 Å². The summed E-state index contributed by atoms with van der Waals surface area (Å²) in [5.74, 6) is 2.44. The lowest BCUT2D eigenvalue weighted by Crippen LogP contribution is -2.47. The topological polar surface area (TPSA) is 55.3 Å². The van der Waals surface area contributed by atoms with Gasteiger partial charge in [-0.2, -0.15) is 0 Å². The minimum Gasteiger partial charge on any atom is -0.461 e. The number of para-hydroxylation sites is 1. The molecule has 4 heterocycles. The number of aromatic nitrogens is 4. The van der Waals surface area contributed by atoms with E-state index in [0.29, 0.717) is 23.0 Å². The average molecular weight is 419 g/mol. The summed E-state index contributed by atoms with van der Waals surface area (Å²) in [5.41, 5.74) is 0.972. The monoisotopic (exact) mass is 418 g/mol. The Morgan fingerprint density at radius 2 is 1.70 bits per heavy atom. The number of nitrogens with zero attached hydrogens (tertiary/aromatic N) is 6. The van der Waals surface area contributed by atoms with Crippen LogP contribution in [0.5, 0.6) is 0 Å². The molecule has 8 heteroatoms. The van der Waals surface area contributed by atoms with Crippen LogP contribution in [-0.2, 0) is 6.67 Å². The summed E-state index contributed by atoms with van der Waals surface area (Å²) in [7, 11) is 0. The highest BCUT2D eigenvalue weighted by Gasteiger charge is 2.21. The number of piperazine rings is 1. The van der Waals surface area contributed by atoms with Crippen molar-refractivity contribution in [2.75, 3.05) is 31.1 Å². The van der Waals surface area contributed by atoms with E-state index < -0.39 is 0 Å². The summed E-state index contributed by atoms with van der Waals surface area (Å²) in [6, 6.07) is 19.8. The lowest BCUT2D eigenvalue weighted by atomic mass is 10.3. The van der Waals surface area contributed by atoms with Gasteiger partial charge in [0.05, 0.1) is 18.6 Å². The van der Waals surface area contributed by atoms with Gasteiger partial charge in [-0.1, -0.05) is 24.3 Å². The molecule has 0 spiro atoms. The van der Waals surface area contributed by atoms with Crippen molar-refractivity contribution in [3.8, 4) is 17.3 Å². The quantitative estimate of drug-likeness (QED) is 0.459. The number of hydrogen-bond acceptors (Lipinski definition) is 6. The summed E-state index contributed by atoms with van der Waals surface area (Å²) in [6.45, 7) is 4.34. The van der Waals surface area contributed by atoms with Gasteiger partial charge in [0, 0.05) is 32.4 Å². The summed E-state index contributed by atoms with van der Waals surface area (Å²) in [4.78, 5) is 9.14. The molecule has 0 saturated carbocycles. The Balaban J connectivity index is 1.39. The normalized spacial score (nSPS) is 14.9. The van der Waals surface area contributed by atoms with Crippen LogP contribution in [0.1, 0.15) is 0 Å². The van der Waals surface area contributed by atoms with E-state index in [-0.39, 0.29) is 0 Å². The van der Waals surface area contributed by atoms with Crippen molar-refractivity contribution in [2.45, 2.75) is 6.67 Å². The highest BCUT2D eigenvalue weighted by atomic mass is 32.1. The molecule has 30 heavy (non-hydrogen) atoms. The van der Waals surface area contributed by atoms with Crippen LogP contribution in [0, 0.1) is 4.77 Å². The molecule has 4 aromatic rings. The van der Waals surface area contributed by atoms with Crippen molar-refractivity contribution in [1.82, 2.24) is 24.2 Å². The maximum absolute atomic E-state index is 5.81. The Morgan fingerprint density at radius 1 is 0.900 bits per heavy atom. The van der Waals surface area contributed by atoms with E-state index in [0.717, 1.165) is 37.7 Å². The van der Waals surface area contributed by atoms with Crippen LogP contribution < -0.4 is 4.90 Å². The van der Waals surface area contributed by atoms with E-state index >= 15 is 0 Å². The molecular formula is C22H22N6OS. The smallest absolute Gasteiger partial charge is 0.204 e. The van der Waals surface area contributed by atoms with Gasteiger partial charge in [-0.3, -0.25) is 9.47 Å². The highest BCUT2D eigenvalue weighted by Crippen LogP contribution is 2.23. The van der Waals surface area contributed by atoms with E-state index in [1.54, 1.807) is 6.26 Å². The molecule has 0 N–H and O–H groups in total. The lowest BCUT2D eigenvalue weighted by molar-refractivity contribution is 0.194. The van der Waals surface area contributed by atoms with Gasteiger partial charge in [0.2, 0.25) is 10.6 Å². The SMILES string of the molecule is S=c1n(CN2CCN(c3ccccn3)CC2)nc(-c2ccco2)n1-c1ccccc1. The van der Waals surface area contributed by atoms with E-state index in [4.69, 9.17) is 21.7 Å². The minimum atomic E-state index is 0.641. The lowest BCUT2D eigenvalue weighted by Gasteiger charge is -2.35. The molecule has 0 amide bonds. The van der Waals surface area contributed by atoms with Crippen molar-refractivity contribution in [2.24, 2.45) is 0 Å². The number of furan rings is 1. The van der Waals surface area contributed by atoms with Crippen LogP contribution in [0.25, 0.3) is 17.3 Å². The van der Waals surface area contributed by atoms with Gasteiger partial charge in [-0.05, 0) is 48.6 Å². The predicted octanol–water partition coefficient (Wildman–Crippen LogP) is 3.84. The second-order valence-electron chi connectivity index (χ2n) is 7.19. The zero-order chi connectivity index (χ0) is 20.3. The van der Waals surface area contributed by atoms with Crippen LogP contribution in [-0.4, -0.2) is 50.4 Å². The fraction of sp³-hybridized carbons (Fsp3) is 0.227. The van der Waals surface area contributed by atoms with Gasteiger partial charge in [0.1, 0.15) is 5.82 Å². The Kier molecular flexibility index (Phi) is 5.17. The standard InChI is InChI=1S/C22H22N6OS/c30-22-27(17-25-12-14-26(15-13-25)20-10-4-5-11-23-20)24-21(19-9-6-16-29-19)28(22)18-7-2-1-3-8-18/h1-11,16H,12-15,17H2. The molecule has 1 aromatic carbocycles. The molecule has 1 fully saturated rings. The van der Waals surface area contributed by atoms with Gasteiger partial charge < -0.3 is 9.32 Å². The first-order chi connectivity index (χ1) is 14.8. The van der Waals surface area contributed by atoms with Crippen LogP contribution in [0.4, 0.5) is 5.82 Å². The third-order valence-corrected chi connectivity index (χ3v) is 5.67. The largest absolute Gasteiger partial charge is 0.461 e. The molecule has 1 aliphatic rings. The maximum atomic E-state index is 5.81. The third-order valence-electron chi connectivity index (χ3n) is 5.27. The van der Waals surface area contributed by atoms with Gasteiger partial charge in [-0.25, -0.2) is 9.67 Å².